The molecule has 1 heterocycles. The minimum Gasteiger partial charge on any atom is -0.492 e. The lowest BCUT2D eigenvalue weighted by molar-refractivity contribution is -0.135. The van der Waals surface area contributed by atoms with Gasteiger partial charge in [-0.1, -0.05) is 23.7 Å². The first-order valence-electron chi connectivity index (χ1n) is 7.52. The molecule has 0 aromatic heterocycles. The summed E-state index contributed by atoms with van der Waals surface area (Å²) in [6.07, 6.45) is 2.40. The van der Waals surface area contributed by atoms with Crippen LogP contribution in [0, 0.1) is 5.92 Å². The van der Waals surface area contributed by atoms with Crippen LogP contribution in [0.1, 0.15) is 25.7 Å². The van der Waals surface area contributed by atoms with E-state index < -0.39 is 0 Å². The van der Waals surface area contributed by atoms with Crippen LogP contribution in [0.15, 0.2) is 24.3 Å². The first kappa shape index (κ1) is 16.6. The fourth-order valence-corrected chi connectivity index (χ4v) is 2.73. The van der Waals surface area contributed by atoms with Crippen LogP contribution in [0.4, 0.5) is 0 Å². The molecule has 0 bridgehead atoms. The maximum absolute atomic E-state index is 12.1. The van der Waals surface area contributed by atoms with Crippen molar-refractivity contribution in [2.75, 3.05) is 19.7 Å². The van der Waals surface area contributed by atoms with E-state index in [1.807, 2.05) is 12.1 Å². The number of hydrogen-bond donors (Lipinski definition) is 1. The fraction of sp³-hybridized carbons (Fsp3) is 0.500. The Kier molecular flexibility index (Phi) is 6.07. The Hall–Kier alpha value is -1.75. The molecule has 1 saturated heterocycles. The summed E-state index contributed by atoms with van der Waals surface area (Å²) in [7, 11) is 0. The van der Waals surface area contributed by atoms with Crippen molar-refractivity contribution in [3.8, 4) is 5.75 Å². The maximum Gasteiger partial charge on any atom is 0.222 e. The average Bonchev–Trinajstić information content (AvgIpc) is 2.53. The van der Waals surface area contributed by atoms with E-state index in [9.17, 15) is 9.59 Å². The molecule has 0 aliphatic carbocycles. The van der Waals surface area contributed by atoms with Gasteiger partial charge >= 0.3 is 0 Å². The maximum atomic E-state index is 12.1. The lowest BCUT2D eigenvalue weighted by Gasteiger charge is -2.30. The van der Waals surface area contributed by atoms with Gasteiger partial charge in [0.1, 0.15) is 5.75 Å². The highest BCUT2D eigenvalue weighted by molar-refractivity contribution is 6.32. The van der Waals surface area contributed by atoms with Crippen molar-refractivity contribution < 1.29 is 14.3 Å². The molecule has 1 aliphatic heterocycles. The molecule has 2 amide bonds. The minimum atomic E-state index is -0.264. The molecule has 22 heavy (non-hydrogen) atoms. The number of benzene rings is 1. The Labute approximate surface area is 135 Å². The van der Waals surface area contributed by atoms with Gasteiger partial charge in [0.15, 0.2) is 0 Å². The van der Waals surface area contributed by atoms with Crippen molar-refractivity contribution in [2.24, 2.45) is 11.7 Å². The van der Waals surface area contributed by atoms with E-state index in [1.165, 1.54) is 0 Å². The largest absolute Gasteiger partial charge is 0.492 e. The van der Waals surface area contributed by atoms with E-state index in [2.05, 4.69) is 0 Å². The molecule has 6 heteroatoms. The number of piperidine rings is 1. The lowest BCUT2D eigenvalue weighted by atomic mass is 9.96. The molecule has 1 aromatic carbocycles. The number of nitrogens with zero attached hydrogens (tertiary/aromatic N) is 1. The Morgan fingerprint density at radius 1 is 1.27 bits per heavy atom. The minimum absolute atomic E-state index is 0.0902. The number of carbonyl (C=O) groups excluding carboxylic acids is 2. The van der Waals surface area contributed by atoms with Gasteiger partial charge in [-0.3, -0.25) is 9.59 Å². The second kappa shape index (κ2) is 8.03. The molecule has 0 spiro atoms. The molecule has 2 rings (SSSR count). The molecule has 0 unspecified atom stereocenters. The summed E-state index contributed by atoms with van der Waals surface area (Å²) >= 11 is 5.99. The van der Waals surface area contributed by atoms with Crippen LogP contribution in [0.25, 0.3) is 0 Å². The third kappa shape index (κ3) is 4.63. The van der Waals surface area contributed by atoms with Gasteiger partial charge < -0.3 is 15.4 Å². The zero-order valence-electron chi connectivity index (χ0n) is 12.5. The normalized spacial score (nSPS) is 15.6. The quantitative estimate of drug-likeness (QED) is 0.815. The first-order valence-corrected chi connectivity index (χ1v) is 7.90. The van der Waals surface area contributed by atoms with Crippen LogP contribution in [0.5, 0.6) is 5.75 Å². The van der Waals surface area contributed by atoms with Gasteiger partial charge in [-0.15, -0.1) is 0 Å². The number of primary amides is 1. The van der Waals surface area contributed by atoms with E-state index in [0.29, 0.717) is 56.2 Å². The van der Waals surface area contributed by atoms with Crippen LogP contribution in [-0.4, -0.2) is 36.4 Å². The SMILES string of the molecule is NC(=O)C1CCN(C(=O)CCCOc2ccccc2Cl)CC1. The molecule has 0 radical (unpaired) electrons. The fourth-order valence-electron chi connectivity index (χ4n) is 2.54. The molecule has 1 aromatic rings. The van der Waals surface area contributed by atoms with E-state index in [0.717, 1.165) is 0 Å². The molecule has 1 aliphatic rings. The van der Waals surface area contributed by atoms with Crippen LogP contribution in [0.2, 0.25) is 5.02 Å². The summed E-state index contributed by atoms with van der Waals surface area (Å²) in [6.45, 7) is 1.67. The standard InChI is InChI=1S/C16H21ClN2O3/c17-13-4-1-2-5-14(13)22-11-3-6-15(20)19-9-7-12(8-10-19)16(18)21/h1-2,4-5,12H,3,6-11H2,(H2,18,21). The summed E-state index contributed by atoms with van der Waals surface area (Å²) in [5, 5.41) is 0.572. The third-order valence-electron chi connectivity index (χ3n) is 3.88. The van der Waals surface area contributed by atoms with Gasteiger partial charge in [-0.2, -0.15) is 0 Å². The van der Waals surface area contributed by atoms with Crippen molar-refractivity contribution in [3.05, 3.63) is 29.3 Å². The number of hydrogen-bond acceptors (Lipinski definition) is 3. The monoisotopic (exact) mass is 324 g/mol. The van der Waals surface area contributed by atoms with Crippen molar-refractivity contribution in [1.82, 2.24) is 4.90 Å². The second-order valence-electron chi connectivity index (χ2n) is 5.44. The van der Waals surface area contributed by atoms with E-state index >= 15 is 0 Å². The van der Waals surface area contributed by atoms with Gasteiger partial charge in [0.2, 0.25) is 11.8 Å². The Morgan fingerprint density at radius 2 is 1.95 bits per heavy atom. The number of rotatable bonds is 6. The number of para-hydroxylation sites is 1. The molecule has 5 nitrogen and oxygen atoms in total. The summed E-state index contributed by atoms with van der Waals surface area (Å²) in [5.41, 5.74) is 5.28. The first-order chi connectivity index (χ1) is 10.6. The molecular weight excluding hydrogens is 304 g/mol. The predicted molar refractivity (Wildman–Crippen MR) is 84.7 cm³/mol. The molecule has 2 N–H and O–H groups in total. The molecule has 1 fully saturated rings. The number of carbonyl (C=O) groups is 2. The highest BCUT2D eigenvalue weighted by atomic mass is 35.5. The Balaban J connectivity index is 1.66. The Morgan fingerprint density at radius 3 is 2.59 bits per heavy atom. The summed E-state index contributed by atoms with van der Waals surface area (Å²) in [6, 6.07) is 7.27. The number of nitrogens with two attached hydrogens (primary N) is 1. The van der Waals surface area contributed by atoms with E-state index in [1.54, 1.807) is 17.0 Å². The highest BCUT2D eigenvalue weighted by Crippen LogP contribution is 2.23. The highest BCUT2D eigenvalue weighted by Gasteiger charge is 2.25. The smallest absolute Gasteiger partial charge is 0.222 e. The van der Waals surface area contributed by atoms with Gasteiger partial charge in [0, 0.05) is 25.4 Å². The van der Waals surface area contributed by atoms with Crippen molar-refractivity contribution in [1.29, 1.82) is 0 Å². The Bertz CT molecular complexity index is 528. The zero-order valence-corrected chi connectivity index (χ0v) is 13.2. The third-order valence-corrected chi connectivity index (χ3v) is 4.19. The second-order valence-corrected chi connectivity index (χ2v) is 5.85. The van der Waals surface area contributed by atoms with Crippen molar-refractivity contribution in [3.63, 3.8) is 0 Å². The summed E-state index contributed by atoms with van der Waals surface area (Å²) in [4.78, 5) is 25.0. The average molecular weight is 325 g/mol. The number of ether oxygens (including phenoxy) is 1. The van der Waals surface area contributed by atoms with Gasteiger partial charge in [-0.05, 0) is 31.4 Å². The predicted octanol–water partition coefficient (Wildman–Crippen LogP) is 2.22. The molecule has 0 saturated carbocycles. The van der Waals surface area contributed by atoms with Crippen LogP contribution >= 0.6 is 11.6 Å². The van der Waals surface area contributed by atoms with Gasteiger partial charge in [0.25, 0.3) is 0 Å². The number of likely N-dealkylation sites (tertiary alicyclic amines) is 1. The van der Waals surface area contributed by atoms with Crippen molar-refractivity contribution >= 4 is 23.4 Å². The number of halogens is 1. The van der Waals surface area contributed by atoms with E-state index in [-0.39, 0.29) is 17.7 Å². The van der Waals surface area contributed by atoms with Gasteiger partial charge in [0.05, 0.1) is 11.6 Å². The summed E-state index contributed by atoms with van der Waals surface area (Å²) in [5.74, 6) is 0.386. The summed E-state index contributed by atoms with van der Waals surface area (Å²) < 4.78 is 5.56. The molecule has 120 valence electrons. The topological polar surface area (TPSA) is 72.6 Å². The lowest BCUT2D eigenvalue weighted by Crippen LogP contribution is -2.41. The van der Waals surface area contributed by atoms with E-state index in [4.69, 9.17) is 22.1 Å². The van der Waals surface area contributed by atoms with Crippen LogP contribution in [-0.2, 0) is 9.59 Å². The van der Waals surface area contributed by atoms with Gasteiger partial charge in [-0.25, -0.2) is 0 Å². The number of amides is 2. The molecular formula is C16H21ClN2O3. The van der Waals surface area contributed by atoms with Crippen LogP contribution < -0.4 is 10.5 Å². The molecule has 0 atom stereocenters. The van der Waals surface area contributed by atoms with Crippen LogP contribution in [0.3, 0.4) is 0 Å². The zero-order chi connectivity index (χ0) is 15.9. The van der Waals surface area contributed by atoms with Crippen molar-refractivity contribution in [2.45, 2.75) is 25.7 Å².